The first-order valence-corrected chi connectivity index (χ1v) is 10.7. The van der Waals surface area contributed by atoms with Gasteiger partial charge in [0.15, 0.2) is 17.5 Å². The number of benzene rings is 1. The molecule has 30 heavy (non-hydrogen) atoms. The second kappa shape index (κ2) is 7.72. The van der Waals surface area contributed by atoms with Crippen molar-refractivity contribution in [2.45, 2.75) is 57.2 Å². The second-order valence-corrected chi connectivity index (χ2v) is 8.48. The normalized spacial score (nSPS) is 23.3. The fourth-order valence-corrected chi connectivity index (χ4v) is 4.79. The van der Waals surface area contributed by atoms with Crippen LogP contribution in [0.5, 0.6) is 5.75 Å². The fourth-order valence-electron chi connectivity index (χ4n) is 4.79. The Kier molecular flexibility index (Phi) is 4.90. The van der Waals surface area contributed by atoms with Crippen LogP contribution in [0.4, 0.5) is 5.82 Å². The van der Waals surface area contributed by atoms with Crippen LogP contribution in [-0.4, -0.2) is 45.5 Å². The van der Waals surface area contributed by atoms with E-state index < -0.39 is 0 Å². The van der Waals surface area contributed by atoms with E-state index in [-0.39, 0.29) is 5.75 Å². The van der Waals surface area contributed by atoms with Crippen LogP contribution < -0.4 is 10.2 Å². The van der Waals surface area contributed by atoms with Crippen molar-refractivity contribution in [3.8, 4) is 28.3 Å². The quantitative estimate of drug-likeness (QED) is 0.680. The van der Waals surface area contributed by atoms with Crippen LogP contribution in [0.25, 0.3) is 22.6 Å². The first-order valence-electron chi connectivity index (χ1n) is 10.7. The third-order valence-corrected chi connectivity index (χ3v) is 6.43. The topological polar surface area (TPSA) is 87.3 Å². The summed E-state index contributed by atoms with van der Waals surface area (Å²) in [5.74, 6) is 2.24. The monoisotopic (exact) mass is 405 g/mol. The van der Waals surface area contributed by atoms with E-state index in [1.54, 1.807) is 19.2 Å². The van der Waals surface area contributed by atoms with E-state index in [4.69, 9.17) is 4.42 Å². The number of hydrogen-bond acceptors (Lipinski definition) is 7. The van der Waals surface area contributed by atoms with Gasteiger partial charge in [-0.3, -0.25) is 0 Å². The molecule has 0 spiro atoms. The highest BCUT2D eigenvalue weighted by Crippen LogP contribution is 2.34. The Labute approximate surface area is 176 Å². The van der Waals surface area contributed by atoms with Gasteiger partial charge in [0.05, 0.1) is 11.9 Å². The summed E-state index contributed by atoms with van der Waals surface area (Å²) in [5.41, 5.74) is 2.07. The molecule has 0 radical (unpaired) electrons. The summed E-state index contributed by atoms with van der Waals surface area (Å²) in [6, 6.07) is 11.1. The average molecular weight is 406 g/mol. The molecule has 2 N–H and O–H groups in total. The molecule has 0 saturated carbocycles. The number of aromatic nitrogens is 3. The van der Waals surface area contributed by atoms with Gasteiger partial charge >= 0.3 is 0 Å². The fraction of sp³-hybridized carbons (Fsp3) is 0.435. The zero-order valence-electron chi connectivity index (χ0n) is 17.4. The van der Waals surface area contributed by atoms with Crippen molar-refractivity contribution in [3.05, 3.63) is 42.4 Å². The molecule has 2 saturated heterocycles. The number of nitrogens with one attached hydrogen (secondary N) is 1. The smallest absolute Gasteiger partial charge is 0.191 e. The highest BCUT2D eigenvalue weighted by atomic mass is 16.4. The van der Waals surface area contributed by atoms with Crippen molar-refractivity contribution in [1.82, 2.24) is 20.5 Å². The molecule has 2 bridgehead atoms. The Hall–Kier alpha value is -2.93. The molecule has 2 aliphatic heterocycles. The molecule has 1 aromatic carbocycles. The van der Waals surface area contributed by atoms with Crippen molar-refractivity contribution >= 4 is 5.82 Å². The van der Waals surface area contributed by atoms with Gasteiger partial charge in [0, 0.05) is 43.2 Å². The number of hydrogen-bond donors (Lipinski definition) is 2. The third kappa shape index (κ3) is 3.65. The predicted octanol–water partition coefficient (Wildman–Crippen LogP) is 3.92. The zero-order chi connectivity index (χ0) is 20.7. The molecule has 2 fully saturated rings. The van der Waals surface area contributed by atoms with Gasteiger partial charge in [0.2, 0.25) is 0 Å². The van der Waals surface area contributed by atoms with Gasteiger partial charge in [0.25, 0.3) is 0 Å². The van der Waals surface area contributed by atoms with E-state index >= 15 is 0 Å². The first-order chi connectivity index (χ1) is 14.6. The third-order valence-electron chi connectivity index (χ3n) is 6.43. The summed E-state index contributed by atoms with van der Waals surface area (Å²) in [7, 11) is 2.11. The first kappa shape index (κ1) is 19.1. The van der Waals surface area contributed by atoms with Crippen molar-refractivity contribution in [2.24, 2.45) is 0 Å². The molecule has 7 heteroatoms. The lowest BCUT2D eigenvalue weighted by Gasteiger charge is -2.43. The Morgan fingerprint density at radius 2 is 1.90 bits per heavy atom. The molecule has 3 aromatic rings. The molecule has 156 valence electrons. The van der Waals surface area contributed by atoms with Crippen LogP contribution in [-0.2, 0) is 0 Å². The summed E-state index contributed by atoms with van der Waals surface area (Å²) in [4.78, 5) is 6.37. The molecule has 0 unspecified atom stereocenters. The number of phenols is 1. The Morgan fingerprint density at radius 1 is 1.10 bits per heavy atom. The average Bonchev–Trinajstić information content (AvgIpc) is 3.19. The number of phenolic OH excluding ortho intramolecular Hbond substituents is 1. The maximum absolute atomic E-state index is 10.5. The largest absolute Gasteiger partial charge is 0.507 e. The Bertz CT molecular complexity index is 1020. The van der Waals surface area contributed by atoms with Crippen molar-refractivity contribution < 1.29 is 9.52 Å². The van der Waals surface area contributed by atoms with Crippen LogP contribution in [0.15, 0.2) is 40.9 Å². The SMILES string of the molecule is Cc1ncc(-c2ccc(-c3ccc(N(C)C4C[C@@H]5CCC[C@@H](C4)N5)nn3)c(O)c2)o1. The van der Waals surface area contributed by atoms with E-state index in [1.165, 1.54) is 19.3 Å². The van der Waals surface area contributed by atoms with E-state index in [0.29, 0.717) is 41.0 Å². The minimum atomic E-state index is 0.142. The molecule has 0 amide bonds. The number of rotatable bonds is 4. The molecule has 7 nitrogen and oxygen atoms in total. The van der Waals surface area contributed by atoms with Gasteiger partial charge in [-0.15, -0.1) is 10.2 Å². The summed E-state index contributed by atoms with van der Waals surface area (Å²) in [6.07, 6.45) is 7.84. The number of nitrogens with zero attached hydrogens (tertiary/aromatic N) is 4. The van der Waals surface area contributed by atoms with Gasteiger partial charge in [0.1, 0.15) is 5.75 Å². The Balaban J connectivity index is 1.33. The van der Waals surface area contributed by atoms with E-state index in [0.717, 1.165) is 24.2 Å². The highest BCUT2D eigenvalue weighted by molar-refractivity contribution is 5.72. The standard InChI is InChI=1S/C23H27N5O2/c1-14-24-13-22(30-14)15-6-7-19(21(29)10-15)20-8-9-23(27-26-20)28(2)18-11-16-4-3-5-17(12-18)25-16/h6-10,13,16-18,25,29H,3-5,11-12H2,1-2H3/t16-,17-/m0/s1. The van der Waals surface area contributed by atoms with Crippen molar-refractivity contribution in [3.63, 3.8) is 0 Å². The lowest BCUT2D eigenvalue weighted by atomic mass is 9.83. The molecule has 4 heterocycles. The van der Waals surface area contributed by atoms with E-state index in [9.17, 15) is 5.11 Å². The predicted molar refractivity (Wildman–Crippen MR) is 115 cm³/mol. The van der Waals surface area contributed by atoms with Gasteiger partial charge in [-0.1, -0.05) is 12.5 Å². The number of fused-ring (bicyclic) bond motifs is 2. The van der Waals surface area contributed by atoms with Crippen LogP contribution >= 0.6 is 0 Å². The van der Waals surface area contributed by atoms with Crippen LogP contribution in [0.2, 0.25) is 0 Å². The number of oxazole rings is 1. The van der Waals surface area contributed by atoms with Crippen LogP contribution in [0.1, 0.15) is 38.0 Å². The lowest BCUT2D eigenvalue weighted by Crippen LogP contribution is -2.54. The molecule has 5 rings (SSSR count). The van der Waals surface area contributed by atoms with Gasteiger partial charge in [-0.05, 0) is 49.9 Å². The molecular weight excluding hydrogens is 378 g/mol. The maximum Gasteiger partial charge on any atom is 0.191 e. The van der Waals surface area contributed by atoms with Crippen molar-refractivity contribution in [1.29, 1.82) is 0 Å². The molecule has 2 atom stereocenters. The minimum absolute atomic E-state index is 0.142. The maximum atomic E-state index is 10.5. The lowest BCUT2D eigenvalue weighted by molar-refractivity contribution is 0.219. The summed E-state index contributed by atoms with van der Waals surface area (Å²) < 4.78 is 5.54. The van der Waals surface area contributed by atoms with Gasteiger partial charge in [-0.25, -0.2) is 4.98 Å². The van der Waals surface area contributed by atoms with Crippen LogP contribution in [0, 0.1) is 6.92 Å². The van der Waals surface area contributed by atoms with E-state index in [1.807, 2.05) is 24.3 Å². The van der Waals surface area contributed by atoms with Gasteiger partial charge in [-0.2, -0.15) is 0 Å². The Morgan fingerprint density at radius 3 is 2.53 bits per heavy atom. The number of aryl methyl sites for hydroxylation is 1. The molecular formula is C23H27N5O2. The summed E-state index contributed by atoms with van der Waals surface area (Å²) in [5, 5.41) is 23.1. The number of aromatic hydroxyl groups is 1. The highest BCUT2D eigenvalue weighted by Gasteiger charge is 2.33. The van der Waals surface area contributed by atoms with Crippen LogP contribution in [0.3, 0.4) is 0 Å². The second-order valence-electron chi connectivity index (χ2n) is 8.48. The molecule has 2 aliphatic rings. The van der Waals surface area contributed by atoms with Crippen molar-refractivity contribution in [2.75, 3.05) is 11.9 Å². The summed E-state index contributed by atoms with van der Waals surface area (Å²) in [6.45, 7) is 1.79. The zero-order valence-corrected chi connectivity index (χ0v) is 17.4. The minimum Gasteiger partial charge on any atom is -0.507 e. The van der Waals surface area contributed by atoms with Gasteiger partial charge < -0.3 is 19.7 Å². The number of anilines is 1. The van der Waals surface area contributed by atoms with E-state index in [2.05, 4.69) is 32.4 Å². The summed E-state index contributed by atoms with van der Waals surface area (Å²) >= 11 is 0. The molecule has 2 aromatic heterocycles. The number of piperidine rings is 2. The molecule has 0 aliphatic carbocycles.